The van der Waals surface area contributed by atoms with Crippen LogP contribution >= 0.6 is 11.7 Å². The van der Waals surface area contributed by atoms with E-state index in [0.717, 1.165) is 0 Å². The van der Waals surface area contributed by atoms with Gasteiger partial charge in [0.2, 0.25) is 0 Å². The third-order valence-corrected chi connectivity index (χ3v) is 1.50. The lowest BCUT2D eigenvalue weighted by molar-refractivity contribution is 0.109. The van der Waals surface area contributed by atoms with Crippen molar-refractivity contribution < 1.29 is 17.3 Å². The molecule has 5 nitrogen and oxygen atoms in total. The van der Waals surface area contributed by atoms with Crippen molar-refractivity contribution in [1.82, 2.24) is 0 Å². The molecule has 0 saturated heterocycles. The van der Waals surface area contributed by atoms with Gasteiger partial charge in [-0.15, -0.1) is 0 Å². The van der Waals surface area contributed by atoms with Gasteiger partial charge in [-0.05, 0) is 11.7 Å². The maximum Gasteiger partial charge on any atom is 0.319 e. The lowest BCUT2D eigenvalue weighted by Crippen LogP contribution is -2.12. The second-order valence-corrected chi connectivity index (χ2v) is 4.08. The van der Waals surface area contributed by atoms with Gasteiger partial charge in [0.05, 0.1) is 19.8 Å². The molecular formula is C4H11NO4S2. The first-order valence-electron chi connectivity index (χ1n) is 2.96. The van der Waals surface area contributed by atoms with Crippen LogP contribution in [-0.2, 0) is 18.1 Å². The fourth-order valence-corrected chi connectivity index (χ4v) is 0.886. The van der Waals surface area contributed by atoms with Gasteiger partial charge in [-0.3, -0.25) is 4.18 Å². The highest BCUT2D eigenvalue weighted by atomic mass is 33.1. The van der Waals surface area contributed by atoms with Crippen LogP contribution in [0.15, 0.2) is 0 Å². The molecule has 0 bridgehead atoms. The Hall–Kier alpha value is 0.180. The fraction of sp³-hybridized carbons (Fsp3) is 1.00. The Labute approximate surface area is 70.8 Å². The average Bonchev–Trinajstić information content (AvgIpc) is 1.85. The Kier molecular flexibility index (Phi) is 5.88. The summed E-state index contributed by atoms with van der Waals surface area (Å²) >= 11 is 3.15. The van der Waals surface area contributed by atoms with E-state index in [9.17, 15) is 8.42 Å². The Morgan fingerprint density at radius 3 is 2.36 bits per heavy atom. The van der Waals surface area contributed by atoms with Gasteiger partial charge in [0.15, 0.2) is 0 Å². The van der Waals surface area contributed by atoms with E-state index in [2.05, 4.69) is 15.8 Å². The van der Waals surface area contributed by atoms with Crippen molar-refractivity contribution in [2.75, 3.05) is 26.4 Å². The number of rotatable bonds is 6. The molecular weight excluding hydrogens is 190 g/mol. The first-order chi connectivity index (χ1) is 5.06. The maximum atomic E-state index is 10.2. The molecule has 0 saturated carbocycles. The van der Waals surface area contributed by atoms with Crippen molar-refractivity contribution >= 4 is 20.8 Å². The summed E-state index contributed by atoms with van der Waals surface area (Å²) in [5.41, 5.74) is 5.10. The molecule has 11 heavy (non-hydrogen) atoms. The molecule has 0 fully saturated rings. The van der Waals surface area contributed by atoms with Crippen LogP contribution < -0.4 is 5.73 Å². The Morgan fingerprint density at radius 2 is 1.91 bits per heavy atom. The second-order valence-electron chi connectivity index (χ2n) is 1.65. The van der Waals surface area contributed by atoms with E-state index in [-0.39, 0.29) is 13.2 Å². The van der Waals surface area contributed by atoms with Crippen molar-refractivity contribution in [3.05, 3.63) is 0 Å². The molecule has 0 aromatic carbocycles. The van der Waals surface area contributed by atoms with Crippen LogP contribution in [0.5, 0.6) is 0 Å². The van der Waals surface area contributed by atoms with Crippen molar-refractivity contribution in [1.29, 1.82) is 0 Å². The number of hydrogen-bond acceptors (Lipinski definition) is 5. The van der Waals surface area contributed by atoms with Gasteiger partial charge >= 0.3 is 9.15 Å². The van der Waals surface area contributed by atoms with Crippen LogP contribution in [0.25, 0.3) is 0 Å². The zero-order chi connectivity index (χ0) is 8.74. The van der Waals surface area contributed by atoms with E-state index in [1.807, 2.05) is 0 Å². The summed E-state index contributed by atoms with van der Waals surface area (Å²) in [6.07, 6.45) is 0. The predicted octanol–water partition coefficient (Wildman–Crippen LogP) is -0.847. The van der Waals surface area contributed by atoms with Gasteiger partial charge in [-0.1, -0.05) is 0 Å². The molecule has 0 unspecified atom stereocenters. The quantitative estimate of drug-likeness (QED) is 0.332. The number of thiol groups is 1. The molecule has 0 spiro atoms. The van der Waals surface area contributed by atoms with E-state index in [4.69, 9.17) is 10.5 Å². The molecule has 0 aliphatic rings. The molecule has 0 aromatic heterocycles. The zero-order valence-electron chi connectivity index (χ0n) is 5.89. The number of nitrogens with two attached hydrogens (primary N) is 1. The lowest BCUT2D eigenvalue weighted by atomic mass is 10.7. The summed E-state index contributed by atoms with van der Waals surface area (Å²) in [7, 11) is -3.63. The van der Waals surface area contributed by atoms with Crippen molar-refractivity contribution in [3.8, 4) is 0 Å². The molecule has 0 atom stereocenters. The van der Waals surface area contributed by atoms with Gasteiger partial charge in [-0.25, -0.2) is 0 Å². The monoisotopic (exact) mass is 201 g/mol. The first-order valence-corrected chi connectivity index (χ1v) is 5.42. The molecule has 0 aliphatic carbocycles. The molecule has 0 amide bonds. The Balaban J connectivity index is 3.16. The smallest absolute Gasteiger partial charge is 0.319 e. The van der Waals surface area contributed by atoms with Crippen molar-refractivity contribution in [2.24, 2.45) is 5.73 Å². The molecule has 68 valence electrons. The van der Waals surface area contributed by atoms with E-state index in [1.54, 1.807) is 0 Å². The van der Waals surface area contributed by atoms with Crippen LogP contribution in [0.1, 0.15) is 0 Å². The van der Waals surface area contributed by atoms with Gasteiger partial charge in [0.1, 0.15) is 0 Å². The Bertz CT molecular complexity index is 179. The molecule has 0 aliphatic heterocycles. The summed E-state index contributed by atoms with van der Waals surface area (Å²) in [6, 6.07) is 0. The molecule has 0 rings (SSSR count). The zero-order valence-corrected chi connectivity index (χ0v) is 7.61. The van der Waals surface area contributed by atoms with Crippen LogP contribution in [-0.4, -0.2) is 34.8 Å². The second kappa shape index (κ2) is 5.78. The van der Waals surface area contributed by atoms with E-state index in [0.29, 0.717) is 13.2 Å². The summed E-state index contributed by atoms with van der Waals surface area (Å²) in [6.45, 7) is 0.992. The SMILES string of the molecule is NCCOCCOS(=O)(=O)S. The molecule has 0 aromatic rings. The predicted molar refractivity (Wildman–Crippen MR) is 43.7 cm³/mol. The van der Waals surface area contributed by atoms with Gasteiger partial charge in [-0.2, -0.15) is 8.42 Å². The summed E-state index contributed by atoms with van der Waals surface area (Å²) in [4.78, 5) is 0. The molecule has 0 radical (unpaired) electrons. The van der Waals surface area contributed by atoms with Crippen LogP contribution in [0.3, 0.4) is 0 Å². The summed E-state index contributed by atoms with van der Waals surface area (Å²) in [5.74, 6) is 0. The highest BCUT2D eigenvalue weighted by molar-refractivity contribution is 8.61. The standard InChI is InChI=1S/C4H11NO4S2/c5-1-2-8-3-4-9-11(6,7)10/h1-5H2,(H,6,7,10). The van der Waals surface area contributed by atoms with Crippen LogP contribution in [0, 0.1) is 0 Å². The average molecular weight is 201 g/mol. The summed E-state index contributed by atoms with van der Waals surface area (Å²) < 4.78 is 29.5. The topological polar surface area (TPSA) is 78.6 Å². The molecule has 7 heteroatoms. The highest BCUT2D eigenvalue weighted by Gasteiger charge is 2.00. The third kappa shape index (κ3) is 10.2. The largest absolute Gasteiger partial charge is 0.378 e. The van der Waals surface area contributed by atoms with E-state index >= 15 is 0 Å². The van der Waals surface area contributed by atoms with Crippen molar-refractivity contribution in [2.45, 2.75) is 0 Å². The number of hydrogen-bond donors (Lipinski definition) is 2. The molecule has 0 heterocycles. The van der Waals surface area contributed by atoms with Crippen LogP contribution in [0.4, 0.5) is 0 Å². The van der Waals surface area contributed by atoms with Crippen molar-refractivity contribution in [3.63, 3.8) is 0 Å². The highest BCUT2D eigenvalue weighted by Crippen LogP contribution is 1.96. The van der Waals surface area contributed by atoms with Gasteiger partial charge in [0.25, 0.3) is 0 Å². The normalized spacial score (nSPS) is 11.8. The fourth-order valence-electron chi connectivity index (χ4n) is 0.384. The van der Waals surface area contributed by atoms with Crippen LogP contribution in [0.2, 0.25) is 0 Å². The Morgan fingerprint density at radius 1 is 1.27 bits per heavy atom. The van der Waals surface area contributed by atoms with Gasteiger partial charge in [0, 0.05) is 6.54 Å². The van der Waals surface area contributed by atoms with E-state index in [1.165, 1.54) is 0 Å². The third-order valence-electron chi connectivity index (χ3n) is 0.722. The lowest BCUT2D eigenvalue weighted by Gasteiger charge is -2.00. The number of ether oxygens (including phenoxy) is 1. The maximum absolute atomic E-state index is 10.2. The first kappa shape index (κ1) is 11.2. The minimum atomic E-state index is -3.63. The minimum Gasteiger partial charge on any atom is -0.378 e. The minimum absolute atomic E-state index is 0.0220. The molecule has 2 N–H and O–H groups in total. The van der Waals surface area contributed by atoms with E-state index < -0.39 is 9.15 Å². The summed E-state index contributed by atoms with van der Waals surface area (Å²) in [5, 5.41) is 0. The van der Waals surface area contributed by atoms with Gasteiger partial charge < -0.3 is 10.5 Å².